The van der Waals surface area contributed by atoms with E-state index in [9.17, 15) is 77.3 Å². The van der Waals surface area contributed by atoms with E-state index in [2.05, 4.69) is 68.5 Å². The van der Waals surface area contributed by atoms with Crippen molar-refractivity contribution in [3.05, 3.63) is 120 Å². The SMILES string of the molecule is CCCC[C@@H](N)C(=O)N[C@@H](CCCNC(=N)N)C(=O)N[C@@H](Cc1c[nH]c2ccccc12)C(=O)N[C@H](C(=O)N[C@@H](SCC(=O)N[C@@H](Cc1ccc2ccccc2c1)C(=O)N[C@H](C(=O)N[C@@H](CO)C(=O)NC(=O)N[C@H](CCCCN)C(=O)N[C@@H](CC(=O)O)C(=O)N[C@H](C=O)Cc1c[nH]c2ccccc12)[C@@H](C)CC)C(N)=O)C(C)C. The summed E-state index contributed by atoms with van der Waals surface area (Å²) in [6, 6.07) is 11.4. The molecule has 606 valence electrons. The third-order valence-corrected chi connectivity index (χ3v) is 19.8. The normalized spacial score (nSPS) is 14.5. The van der Waals surface area contributed by atoms with Gasteiger partial charge < -0.3 is 106 Å². The largest absolute Gasteiger partial charge is 0.481 e. The van der Waals surface area contributed by atoms with Gasteiger partial charge in [0.05, 0.1) is 30.9 Å². The van der Waals surface area contributed by atoms with Crippen molar-refractivity contribution in [2.75, 3.05) is 25.4 Å². The number of carbonyl (C=O) groups excluding carboxylic acids is 13. The predicted molar refractivity (Wildman–Crippen MR) is 420 cm³/mol. The fourth-order valence-corrected chi connectivity index (χ4v) is 13.0. The summed E-state index contributed by atoms with van der Waals surface area (Å²) in [6.45, 7) is 7.63. The summed E-state index contributed by atoms with van der Waals surface area (Å²) in [7, 11) is 0. The van der Waals surface area contributed by atoms with E-state index in [1.807, 2.05) is 48.6 Å². The van der Waals surface area contributed by atoms with Gasteiger partial charge in [0.25, 0.3) is 11.8 Å². The first-order valence-electron chi connectivity index (χ1n) is 37.1. The first-order valence-corrected chi connectivity index (χ1v) is 38.2. The number of primary amides is 1. The van der Waals surface area contributed by atoms with Crippen LogP contribution in [0.4, 0.5) is 4.79 Å². The van der Waals surface area contributed by atoms with Crippen LogP contribution in [0, 0.1) is 17.2 Å². The highest BCUT2D eigenvalue weighted by Crippen LogP contribution is 2.23. The van der Waals surface area contributed by atoms with Crippen LogP contribution < -0.4 is 86.7 Å². The number of aldehydes is 1. The zero-order chi connectivity index (χ0) is 82.1. The van der Waals surface area contributed by atoms with Crippen molar-refractivity contribution in [2.24, 2.45) is 34.8 Å². The molecule has 6 aromatic rings. The maximum absolute atomic E-state index is 14.7. The Bertz CT molecular complexity index is 4290. The summed E-state index contributed by atoms with van der Waals surface area (Å²) in [5.41, 5.74) is 26.5. The minimum atomic E-state index is -1.89. The van der Waals surface area contributed by atoms with Gasteiger partial charge in [-0.3, -0.25) is 68.3 Å². The number of rotatable bonds is 47. The molecule has 25 N–H and O–H groups in total. The molecule has 0 aliphatic rings. The Kier molecular flexibility index (Phi) is 35.9. The van der Waals surface area contributed by atoms with E-state index in [0.29, 0.717) is 54.0 Å². The van der Waals surface area contributed by atoms with Crippen LogP contribution in [0.1, 0.15) is 116 Å². The molecule has 0 aliphatic carbocycles. The van der Waals surface area contributed by atoms with Crippen molar-refractivity contribution in [3.63, 3.8) is 0 Å². The number of carboxylic acids is 1. The number of unbranched alkanes of at least 4 members (excludes halogenated alkanes) is 2. The minimum absolute atomic E-state index is 0.00354. The Balaban J connectivity index is 1.14. The molecule has 36 heteroatoms. The van der Waals surface area contributed by atoms with E-state index in [4.69, 9.17) is 28.3 Å². The number of nitrogens with two attached hydrogens (primary N) is 4. The molecule has 0 bridgehead atoms. The summed E-state index contributed by atoms with van der Waals surface area (Å²) in [5, 5.41) is 59.4. The van der Waals surface area contributed by atoms with Crippen LogP contribution in [0.5, 0.6) is 0 Å². The number of benzene rings is 4. The van der Waals surface area contributed by atoms with E-state index < -0.39 is 173 Å². The highest BCUT2D eigenvalue weighted by Gasteiger charge is 2.38. The molecule has 2 heterocycles. The molecular weight excluding hydrogens is 1470 g/mol. The van der Waals surface area contributed by atoms with Gasteiger partial charge in [-0.15, -0.1) is 11.8 Å². The number of thioether (sulfide) groups is 1. The smallest absolute Gasteiger partial charge is 0.322 e. The zero-order valence-corrected chi connectivity index (χ0v) is 64.1. The quantitative estimate of drug-likeness (QED) is 0.00776. The van der Waals surface area contributed by atoms with Gasteiger partial charge in [0, 0.05) is 60.0 Å². The second-order valence-electron chi connectivity index (χ2n) is 27.6. The Morgan fingerprint density at radius 3 is 1.69 bits per heavy atom. The average Bonchev–Trinajstić information content (AvgIpc) is 1.54. The molecule has 6 rings (SSSR count). The summed E-state index contributed by atoms with van der Waals surface area (Å²) in [5.74, 6) is -14.3. The molecule has 0 saturated heterocycles. The van der Waals surface area contributed by atoms with Crippen molar-refractivity contribution < 1.29 is 77.3 Å². The number of urea groups is 1. The molecule has 13 amide bonds. The second-order valence-corrected chi connectivity index (χ2v) is 28.7. The van der Waals surface area contributed by atoms with Crippen molar-refractivity contribution in [1.82, 2.24) is 73.8 Å². The van der Waals surface area contributed by atoms with Crippen LogP contribution in [0.2, 0.25) is 0 Å². The van der Waals surface area contributed by atoms with Crippen molar-refractivity contribution >= 4 is 134 Å². The molecule has 0 aliphatic heterocycles. The molecule has 12 atom stereocenters. The van der Waals surface area contributed by atoms with Gasteiger partial charge in [-0.2, -0.15) is 0 Å². The van der Waals surface area contributed by atoms with Crippen molar-refractivity contribution in [1.29, 1.82) is 5.41 Å². The number of H-pyrrole nitrogens is 2. The Morgan fingerprint density at radius 1 is 0.554 bits per heavy atom. The lowest BCUT2D eigenvalue weighted by Crippen LogP contribution is -2.61. The topological polar surface area (TPSA) is 583 Å². The van der Waals surface area contributed by atoms with Gasteiger partial charge >= 0.3 is 12.0 Å². The third kappa shape index (κ3) is 27.8. The lowest BCUT2D eigenvalue weighted by Gasteiger charge is -2.28. The third-order valence-electron chi connectivity index (χ3n) is 18.7. The van der Waals surface area contributed by atoms with Crippen molar-refractivity contribution in [2.45, 2.75) is 184 Å². The number of aromatic nitrogens is 2. The standard InChI is InChI=1S/C76H105N19O16S/c1-6-8-22-51(78)65(102)87-54(26-17-30-82-75(80)81)66(103)88-57(34-47-37-84-53-24-14-12-21-50(47)53)70(107)92-62(41(3)4)72(109)94-74(64(79)101)112-40-60(98)86-56(32-43-27-28-44-18-9-10-19-45(44)31-43)69(106)93-63(42(5)7-2)73(110)90-59(39-97)71(108)95-76(111)91-55(25-15-16-29-77)67(104)89-58(35-61(99)100)68(105)85-48(38-96)33-46-36-83-52-23-13-11-20-49(46)52/h9-14,18-21,23-24,27-28,31,36-38,41-42,48,51,54-59,62-63,74,83-84,97H,6-8,15-17,22,25-26,29-30,32-35,39-40,77-78H2,1-5H3,(H2,79,101)(H,85,105)(H,86,98)(H,87,102)(H,88,103)(H,89,104)(H,90,110)(H,92,107)(H,93,106)(H,94,109)(H,99,100)(H4,80,81,82)(H2,91,95,108,111)/t42-,48-,51+,54-,55+,56-,57-,58-,59-,62-,63-,74-/m0/s1. The number of amides is 13. The van der Waals surface area contributed by atoms with Crippen molar-refractivity contribution in [3.8, 4) is 0 Å². The number of aromatic amines is 2. The number of fused-ring (bicyclic) bond motifs is 3. The van der Waals surface area contributed by atoms with Crippen LogP contribution in [0.3, 0.4) is 0 Å². The fourth-order valence-electron chi connectivity index (χ4n) is 12.2. The molecule has 0 fully saturated rings. The van der Waals surface area contributed by atoms with Gasteiger partial charge in [-0.25, -0.2) is 4.79 Å². The van der Waals surface area contributed by atoms with E-state index >= 15 is 0 Å². The van der Waals surface area contributed by atoms with Gasteiger partial charge in [-0.1, -0.05) is 133 Å². The number of hydrogen-bond donors (Lipinski definition) is 21. The maximum atomic E-state index is 14.7. The molecule has 0 radical (unpaired) electrons. The summed E-state index contributed by atoms with van der Waals surface area (Å²) in [4.78, 5) is 199. The highest BCUT2D eigenvalue weighted by molar-refractivity contribution is 8.01. The van der Waals surface area contributed by atoms with Gasteiger partial charge in [-0.05, 0) is 96.5 Å². The van der Waals surface area contributed by atoms with Gasteiger partial charge in [0.15, 0.2) is 11.3 Å². The monoisotopic (exact) mass is 1570 g/mol. The molecular formula is C76H105N19O16S. The lowest BCUT2D eigenvalue weighted by molar-refractivity contribution is -0.141. The molecule has 35 nitrogen and oxygen atoms in total. The molecule has 0 unspecified atom stereocenters. The Labute approximate surface area is 651 Å². The number of imide groups is 1. The molecule has 0 spiro atoms. The first kappa shape index (κ1) is 89.4. The van der Waals surface area contributed by atoms with Crippen LogP contribution in [-0.2, 0) is 81.6 Å². The first-order chi connectivity index (χ1) is 53.5. The number of aliphatic carboxylic acids is 1. The predicted octanol–water partition coefficient (Wildman–Crippen LogP) is -0.158. The zero-order valence-electron chi connectivity index (χ0n) is 63.2. The van der Waals surface area contributed by atoms with E-state index in [1.54, 1.807) is 94.7 Å². The average molecular weight is 1570 g/mol. The number of para-hydroxylation sites is 2. The van der Waals surface area contributed by atoms with Crippen LogP contribution in [0.25, 0.3) is 32.6 Å². The van der Waals surface area contributed by atoms with E-state index in [-0.39, 0.29) is 70.4 Å². The lowest BCUT2D eigenvalue weighted by atomic mass is 9.96. The van der Waals surface area contributed by atoms with E-state index in [1.165, 1.54) is 0 Å². The number of carbonyl (C=O) groups is 14. The Morgan fingerprint density at radius 2 is 1.10 bits per heavy atom. The molecule has 4 aromatic carbocycles. The van der Waals surface area contributed by atoms with E-state index in [0.717, 1.165) is 39.0 Å². The van der Waals surface area contributed by atoms with Crippen LogP contribution >= 0.6 is 11.8 Å². The Hall–Kier alpha value is -11.5. The molecule has 112 heavy (non-hydrogen) atoms. The van der Waals surface area contributed by atoms with Gasteiger partial charge in [0.2, 0.25) is 53.2 Å². The molecule has 0 saturated carbocycles. The summed E-state index contributed by atoms with van der Waals surface area (Å²) in [6.07, 6.45) is 5.16. The van der Waals surface area contributed by atoms with Crippen LogP contribution in [0.15, 0.2) is 103 Å². The second kappa shape index (κ2) is 45.0. The minimum Gasteiger partial charge on any atom is -0.481 e. The number of aliphatic hydroxyl groups excluding tert-OH is 1. The number of aliphatic hydroxyl groups is 1. The molecule has 2 aromatic heterocycles. The maximum Gasteiger partial charge on any atom is 0.322 e. The van der Waals surface area contributed by atoms with Gasteiger partial charge in [0.1, 0.15) is 54.6 Å². The fraction of sp³-hybridized carbons (Fsp3) is 0.461. The number of guanidine groups is 1. The highest BCUT2D eigenvalue weighted by atomic mass is 32.2. The number of nitrogens with one attached hydrogen (secondary N) is 15. The summed E-state index contributed by atoms with van der Waals surface area (Å²) < 4.78 is 0. The number of carboxylic acid groups (broad SMARTS) is 1. The summed E-state index contributed by atoms with van der Waals surface area (Å²) >= 11 is 0.565. The van der Waals surface area contributed by atoms with Crippen LogP contribution in [-0.4, -0.2) is 201 Å². The number of hydrogen-bond acceptors (Lipinski definition) is 19.